The average Bonchev–Trinajstić information content (AvgIpc) is 3.91. The number of hydrogen-bond donors (Lipinski definition) is 0. The van der Waals surface area contributed by atoms with Crippen molar-refractivity contribution in [1.82, 2.24) is 0 Å². The summed E-state index contributed by atoms with van der Waals surface area (Å²) in [4.78, 5) is 2.43. The van der Waals surface area contributed by atoms with Gasteiger partial charge in [0.25, 0.3) is 0 Å². The molecule has 0 saturated heterocycles. The van der Waals surface area contributed by atoms with Crippen LogP contribution in [0, 0.1) is 0 Å². The van der Waals surface area contributed by atoms with Crippen LogP contribution in [0.5, 0.6) is 0 Å². The van der Waals surface area contributed by atoms with Crippen molar-refractivity contribution in [1.29, 1.82) is 0 Å². The molecule has 2 heteroatoms. The highest BCUT2D eigenvalue weighted by Gasteiger charge is 2.46. The molecule has 0 amide bonds. The van der Waals surface area contributed by atoms with Gasteiger partial charge in [-0.3, -0.25) is 0 Å². The van der Waals surface area contributed by atoms with Crippen molar-refractivity contribution < 1.29 is 0 Å². The first kappa shape index (κ1) is 37.5. The highest BCUT2D eigenvalue weighted by atomic mass is 32.1. The normalized spacial score (nSPS) is 12.7. The van der Waals surface area contributed by atoms with Crippen molar-refractivity contribution in [3.05, 3.63) is 271 Å². The van der Waals surface area contributed by atoms with Crippen LogP contribution in [-0.4, -0.2) is 0 Å². The Morgan fingerprint density at radius 3 is 1.65 bits per heavy atom. The highest BCUT2D eigenvalue weighted by molar-refractivity contribution is 7.27. The zero-order valence-corrected chi connectivity index (χ0v) is 36.3. The van der Waals surface area contributed by atoms with E-state index >= 15 is 0 Å². The molecule has 1 aliphatic carbocycles. The van der Waals surface area contributed by atoms with Gasteiger partial charge in [0, 0.05) is 37.2 Å². The minimum absolute atomic E-state index is 0.468. The van der Waals surface area contributed by atoms with Gasteiger partial charge < -0.3 is 4.90 Å². The Balaban J connectivity index is 0.980. The molecule has 1 aliphatic rings. The van der Waals surface area contributed by atoms with Crippen LogP contribution in [0.15, 0.2) is 249 Å². The van der Waals surface area contributed by atoms with E-state index in [2.05, 4.69) is 254 Å². The summed E-state index contributed by atoms with van der Waals surface area (Å²) >= 11 is 1.91. The van der Waals surface area contributed by atoms with Crippen LogP contribution in [0.25, 0.3) is 75.1 Å². The zero-order valence-electron chi connectivity index (χ0n) is 35.5. The molecular weight excluding hydrogens is 803 g/mol. The van der Waals surface area contributed by atoms with Crippen LogP contribution in [0.2, 0.25) is 0 Å². The topological polar surface area (TPSA) is 3.24 Å². The average molecular weight is 844 g/mol. The smallest absolute Gasteiger partial charge is 0.0713 e. The number of nitrogens with zero attached hydrogens (tertiary/aromatic N) is 1. The molecule has 0 fully saturated rings. The van der Waals surface area contributed by atoms with E-state index in [9.17, 15) is 0 Å². The number of benzene rings is 11. The number of thiophene rings is 1. The van der Waals surface area contributed by atoms with Gasteiger partial charge in [0.1, 0.15) is 0 Å². The summed E-state index contributed by atoms with van der Waals surface area (Å²) in [5.41, 5.74) is 15.4. The van der Waals surface area contributed by atoms with Crippen molar-refractivity contribution in [3.8, 4) is 33.4 Å². The summed E-state index contributed by atoms with van der Waals surface area (Å²) in [6.45, 7) is 0. The summed E-state index contributed by atoms with van der Waals surface area (Å²) in [6.07, 6.45) is 0. The number of hydrogen-bond acceptors (Lipinski definition) is 2. The molecule has 11 aromatic carbocycles. The summed E-state index contributed by atoms with van der Waals surface area (Å²) < 4.78 is 2.66. The Morgan fingerprint density at radius 1 is 0.292 bits per heavy atom. The monoisotopic (exact) mass is 843 g/mol. The third kappa shape index (κ3) is 5.92. The Bertz CT molecular complexity index is 3750. The molecule has 12 aromatic rings. The predicted octanol–water partition coefficient (Wildman–Crippen LogP) is 17.5. The number of fused-ring (bicyclic) bond motifs is 9. The molecule has 1 aromatic heterocycles. The standard InChI is InChI=1S/C63H41NS/c1-3-21-48(22-4-1)63(49-23-5-2-6-24-49)59-31-12-11-28-55(59)56-36-34-46(41-60(56)63)45-19-13-25-50(39-45)64(52-35-32-42-16-7-8-18-44(42)38-52)51-26-14-20-47(40-51)54-29-15-30-57-58-37-33-43-17-9-10-27-53(43)61(58)65-62(54)57/h1-41H. The van der Waals surface area contributed by atoms with E-state index in [0.717, 1.165) is 17.1 Å². The van der Waals surface area contributed by atoms with Crippen LogP contribution >= 0.6 is 11.3 Å². The first-order valence-electron chi connectivity index (χ1n) is 22.4. The van der Waals surface area contributed by atoms with Crippen molar-refractivity contribution >= 4 is 70.1 Å². The molecule has 0 radical (unpaired) electrons. The minimum Gasteiger partial charge on any atom is -0.310 e. The Hall–Kier alpha value is -8.04. The molecule has 304 valence electrons. The maximum atomic E-state index is 2.46. The van der Waals surface area contributed by atoms with E-state index in [4.69, 9.17) is 0 Å². The third-order valence-electron chi connectivity index (χ3n) is 13.7. The molecular formula is C63H41NS. The summed E-state index contributed by atoms with van der Waals surface area (Å²) in [5, 5.41) is 7.64. The fraction of sp³-hybridized carbons (Fsp3) is 0.0159. The van der Waals surface area contributed by atoms with Crippen LogP contribution < -0.4 is 4.90 Å². The Kier molecular flexibility index (Phi) is 8.69. The van der Waals surface area contributed by atoms with Crippen molar-refractivity contribution in [2.24, 2.45) is 0 Å². The quantitative estimate of drug-likeness (QED) is 0.154. The first-order chi connectivity index (χ1) is 32.2. The van der Waals surface area contributed by atoms with E-state index in [1.807, 2.05) is 11.3 Å². The maximum Gasteiger partial charge on any atom is 0.0713 e. The molecule has 65 heavy (non-hydrogen) atoms. The van der Waals surface area contributed by atoms with E-state index < -0.39 is 5.41 Å². The lowest BCUT2D eigenvalue weighted by Crippen LogP contribution is -2.28. The second kappa shape index (κ2) is 15.1. The van der Waals surface area contributed by atoms with E-state index in [0.29, 0.717) is 0 Å². The van der Waals surface area contributed by atoms with Gasteiger partial charge in [-0.1, -0.05) is 206 Å². The molecule has 0 saturated carbocycles. The van der Waals surface area contributed by atoms with Gasteiger partial charge in [-0.25, -0.2) is 0 Å². The second-order valence-electron chi connectivity index (χ2n) is 17.2. The molecule has 1 nitrogen and oxygen atoms in total. The summed E-state index contributed by atoms with van der Waals surface area (Å²) in [5.74, 6) is 0. The molecule has 0 N–H and O–H groups in total. The molecule has 0 aliphatic heterocycles. The van der Waals surface area contributed by atoms with Gasteiger partial charge in [-0.15, -0.1) is 11.3 Å². The summed E-state index contributed by atoms with van der Waals surface area (Å²) in [6, 6.07) is 92.1. The molecule has 0 unspecified atom stereocenters. The SMILES string of the molecule is c1ccc(C2(c3ccccc3)c3ccccc3-c3ccc(-c4cccc(N(c5cccc(-c6cccc7c6sc6c8ccccc8ccc76)c5)c5ccc6ccccc6c5)c4)cc32)cc1. The van der Waals surface area contributed by atoms with Crippen LogP contribution in [0.4, 0.5) is 17.1 Å². The molecule has 0 bridgehead atoms. The predicted molar refractivity (Wildman–Crippen MR) is 277 cm³/mol. The van der Waals surface area contributed by atoms with Crippen LogP contribution in [0.3, 0.4) is 0 Å². The fourth-order valence-electron chi connectivity index (χ4n) is 10.8. The Labute approximate surface area is 382 Å². The molecule has 1 heterocycles. The molecule has 0 spiro atoms. The number of anilines is 3. The van der Waals surface area contributed by atoms with Crippen molar-refractivity contribution in [2.75, 3.05) is 4.90 Å². The Morgan fingerprint density at radius 2 is 0.846 bits per heavy atom. The molecule has 0 atom stereocenters. The number of rotatable bonds is 7. The van der Waals surface area contributed by atoms with Crippen molar-refractivity contribution in [2.45, 2.75) is 5.41 Å². The highest BCUT2D eigenvalue weighted by Crippen LogP contribution is 2.57. The first-order valence-corrected chi connectivity index (χ1v) is 23.2. The van der Waals surface area contributed by atoms with E-state index in [-0.39, 0.29) is 0 Å². The third-order valence-corrected chi connectivity index (χ3v) is 15.0. The lowest BCUT2D eigenvalue weighted by Gasteiger charge is -2.34. The lowest BCUT2D eigenvalue weighted by atomic mass is 9.67. The van der Waals surface area contributed by atoms with Gasteiger partial charge in [0.2, 0.25) is 0 Å². The lowest BCUT2D eigenvalue weighted by molar-refractivity contribution is 0.769. The van der Waals surface area contributed by atoms with Gasteiger partial charge in [-0.05, 0) is 120 Å². The largest absolute Gasteiger partial charge is 0.310 e. The minimum atomic E-state index is -0.468. The van der Waals surface area contributed by atoms with Gasteiger partial charge in [-0.2, -0.15) is 0 Å². The molecule has 13 rings (SSSR count). The summed E-state index contributed by atoms with van der Waals surface area (Å²) in [7, 11) is 0. The van der Waals surface area contributed by atoms with Gasteiger partial charge in [0.15, 0.2) is 0 Å². The van der Waals surface area contributed by atoms with Gasteiger partial charge in [0.05, 0.1) is 5.41 Å². The van der Waals surface area contributed by atoms with Gasteiger partial charge >= 0.3 is 0 Å². The zero-order chi connectivity index (χ0) is 42.9. The van der Waals surface area contributed by atoms with Crippen LogP contribution in [-0.2, 0) is 5.41 Å². The maximum absolute atomic E-state index is 2.46. The van der Waals surface area contributed by atoms with E-state index in [1.54, 1.807) is 0 Å². The van der Waals surface area contributed by atoms with Crippen LogP contribution in [0.1, 0.15) is 22.3 Å². The van der Waals surface area contributed by atoms with Crippen molar-refractivity contribution in [3.63, 3.8) is 0 Å². The van der Waals surface area contributed by atoms with E-state index in [1.165, 1.54) is 97.4 Å². The second-order valence-corrected chi connectivity index (χ2v) is 18.2. The fourth-order valence-corrected chi connectivity index (χ4v) is 12.1.